The number of aromatic nitrogens is 1. The number of benzene rings is 1. The number of rotatable bonds is 6. The van der Waals surface area contributed by atoms with Crippen LogP contribution in [-0.2, 0) is 6.42 Å². The topological polar surface area (TPSA) is 27.8 Å². The third-order valence-corrected chi connectivity index (χ3v) is 3.70. The van der Waals surface area contributed by atoms with Gasteiger partial charge in [-0.1, -0.05) is 31.4 Å². The van der Waals surface area contributed by atoms with E-state index in [2.05, 4.69) is 55.6 Å². The summed E-state index contributed by atoms with van der Waals surface area (Å²) in [6.07, 6.45) is 7.10. The molecule has 0 saturated heterocycles. The fraction of sp³-hybridized carbons (Fsp3) is 0.500. The van der Waals surface area contributed by atoms with Crippen LogP contribution in [0.3, 0.4) is 0 Å². The summed E-state index contributed by atoms with van der Waals surface area (Å²) in [6, 6.07) is 7.21. The maximum absolute atomic E-state index is 3.44. The van der Waals surface area contributed by atoms with Crippen molar-refractivity contribution in [3.8, 4) is 0 Å². The maximum atomic E-state index is 3.44. The molecule has 0 aliphatic carbocycles. The highest BCUT2D eigenvalue weighted by atomic mass is 14.9. The molecule has 98 valence electrons. The Hall–Kier alpha value is -1.28. The minimum atomic E-state index is 0.587. The SMILES string of the molecule is CCCCC(Cc1c[nH]c2ccc(C)cc12)NC. The fourth-order valence-electron chi connectivity index (χ4n) is 2.53. The Morgan fingerprint density at radius 3 is 2.89 bits per heavy atom. The van der Waals surface area contributed by atoms with Gasteiger partial charge in [0.05, 0.1) is 0 Å². The minimum Gasteiger partial charge on any atom is -0.361 e. The van der Waals surface area contributed by atoms with Gasteiger partial charge in [-0.2, -0.15) is 0 Å². The largest absolute Gasteiger partial charge is 0.361 e. The second-order valence-electron chi connectivity index (χ2n) is 5.19. The third kappa shape index (κ3) is 2.94. The number of H-pyrrole nitrogens is 1. The van der Waals surface area contributed by atoms with Crippen molar-refractivity contribution in [3.63, 3.8) is 0 Å². The van der Waals surface area contributed by atoms with Crippen LogP contribution in [0.1, 0.15) is 37.3 Å². The van der Waals surface area contributed by atoms with E-state index < -0.39 is 0 Å². The van der Waals surface area contributed by atoms with Crippen LogP contribution in [0, 0.1) is 6.92 Å². The van der Waals surface area contributed by atoms with Gasteiger partial charge in [-0.3, -0.25) is 0 Å². The molecule has 1 aromatic heterocycles. The number of hydrogen-bond acceptors (Lipinski definition) is 1. The molecule has 0 spiro atoms. The van der Waals surface area contributed by atoms with E-state index in [0.29, 0.717) is 6.04 Å². The molecule has 1 atom stereocenters. The zero-order valence-corrected chi connectivity index (χ0v) is 11.7. The number of aromatic amines is 1. The molecule has 1 heterocycles. The lowest BCUT2D eigenvalue weighted by Gasteiger charge is -2.15. The van der Waals surface area contributed by atoms with E-state index in [4.69, 9.17) is 0 Å². The molecule has 0 radical (unpaired) electrons. The first kappa shape index (κ1) is 13.2. The molecule has 2 aromatic rings. The Morgan fingerprint density at radius 1 is 1.33 bits per heavy atom. The number of aryl methyl sites for hydroxylation is 1. The van der Waals surface area contributed by atoms with Crippen LogP contribution in [0.15, 0.2) is 24.4 Å². The van der Waals surface area contributed by atoms with Crippen molar-refractivity contribution in [2.24, 2.45) is 0 Å². The Kier molecular flexibility index (Phi) is 4.43. The molecular weight excluding hydrogens is 220 g/mol. The second-order valence-corrected chi connectivity index (χ2v) is 5.19. The van der Waals surface area contributed by atoms with Gasteiger partial charge in [-0.15, -0.1) is 0 Å². The first-order valence-electron chi connectivity index (χ1n) is 6.98. The van der Waals surface area contributed by atoms with Crippen LogP contribution in [0.2, 0.25) is 0 Å². The van der Waals surface area contributed by atoms with Crippen LogP contribution in [0.4, 0.5) is 0 Å². The molecule has 0 bridgehead atoms. The number of hydrogen-bond donors (Lipinski definition) is 2. The quantitative estimate of drug-likeness (QED) is 0.795. The van der Waals surface area contributed by atoms with E-state index in [-0.39, 0.29) is 0 Å². The first-order chi connectivity index (χ1) is 8.74. The molecule has 0 fully saturated rings. The molecule has 0 aliphatic heterocycles. The lowest BCUT2D eigenvalue weighted by Crippen LogP contribution is -2.27. The summed E-state index contributed by atoms with van der Waals surface area (Å²) in [5.41, 5.74) is 4.02. The zero-order chi connectivity index (χ0) is 13.0. The predicted octanol–water partition coefficient (Wildman–Crippen LogP) is 3.80. The van der Waals surface area contributed by atoms with E-state index in [9.17, 15) is 0 Å². The summed E-state index contributed by atoms with van der Waals surface area (Å²) in [7, 11) is 2.07. The Labute approximate surface area is 110 Å². The van der Waals surface area contributed by atoms with Crippen molar-refractivity contribution >= 4 is 10.9 Å². The van der Waals surface area contributed by atoms with Crippen molar-refractivity contribution in [2.45, 2.75) is 45.6 Å². The smallest absolute Gasteiger partial charge is 0.0456 e. The monoisotopic (exact) mass is 244 g/mol. The van der Waals surface area contributed by atoms with Gasteiger partial charge in [0, 0.05) is 23.1 Å². The summed E-state index contributed by atoms with van der Waals surface area (Å²) in [5, 5.41) is 4.82. The summed E-state index contributed by atoms with van der Waals surface area (Å²) < 4.78 is 0. The molecule has 0 saturated carbocycles. The number of likely N-dealkylation sites (N-methyl/N-ethyl adjacent to an activating group) is 1. The highest BCUT2D eigenvalue weighted by molar-refractivity contribution is 5.83. The summed E-state index contributed by atoms with van der Waals surface area (Å²) in [5.74, 6) is 0. The molecule has 1 unspecified atom stereocenters. The maximum Gasteiger partial charge on any atom is 0.0456 e. The first-order valence-corrected chi connectivity index (χ1v) is 6.98. The van der Waals surface area contributed by atoms with Crippen LogP contribution >= 0.6 is 0 Å². The highest BCUT2D eigenvalue weighted by Crippen LogP contribution is 2.21. The number of fused-ring (bicyclic) bond motifs is 1. The third-order valence-electron chi connectivity index (χ3n) is 3.70. The molecule has 2 N–H and O–H groups in total. The molecular formula is C16H24N2. The normalized spacial score (nSPS) is 13.1. The average Bonchev–Trinajstić information content (AvgIpc) is 2.77. The average molecular weight is 244 g/mol. The van der Waals surface area contributed by atoms with Gasteiger partial charge >= 0.3 is 0 Å². The van der Waals surface area contributed by atoms with Crippen LogP contribution in [0.5, 0.6) is 0 Å². The number of nitrogens with one attached hydrogen (secondary N) is 2. The summed E-state index contributed by atoms with van der Waals surface area (Å²) in [4.78, 5) is 3.37. The van der Waals surface area contributed by atoms with Gasteiger partial charge in [0.25, 0.3) is 0 Å². The number of unbranched alkanes of at least 4 members (excludes halogenated alkanes) is 1. The van der Waals surface area contributed by atoms with Crippen LogP contribution < -0.4 is 5.32 Å². The van der Waals surface area contributed by atoms with E-state index >= 15 is 0 Å². The van der Waals surface area contributed by atoms with Gasteiger partial charge in [-0.25, -0.2) is 0 Å². The molecule has 0 amide bonds. The van der Waals surface area contributed by atoms with Gasteiger partial charge in [0.2, 0.25) is 0 Å². The molecule has 2 heteroatoms. The fourth-order valence-corrected chi connectivity index (χ4v) is 2.53. The zero-order valence-electron chi connectivity index (χ0n) is 11.7. The van der Waals surface area contributed by atoms with E-state index in [1.54, 1.807) is 0 Å². The molecule has 18 heavy (non-hydrogen) atoms. The van der Waals surface area contributed by atoms with Crippen molar-refractivity contribution in [1.82, 2.24) is 10.3 Å². The lowest BCUT2D eigenvalue weighted by atomic mass is 10.00. The van der Waals surface area contributed by atoms with Gasteiger partial charge in [0.1, 0.15) is 0 Å². The predicted molar refractivity (Wildman–Crippen MR) is 79.1 cm³/mol. The Bertz CT molecular complexity index is 499. The minimum absolute atomic E-state index is 0.587. The van der Waals surface area contributed by atoms with Crippen LogP contribution in [0.25, 0.3) is 10.9 Å². The molecule has 2 nitrogen and oxygen atoms in total. The van der Waals surface area contributed by atoms with E-state index in [1.807, 2.05) is 0 Å². The Morgan fingerprint density at radius 2 is 2.17 bits per heavy atom. The molecule has 0 aliphatic rings. The van der Waals surface area contributed by atoms with E-state index in [0.717, 1.165) is 6.42 Å². The summed E-state index contributed by atoms with van der Waals surface area (Å²) in [6.45, 7) is 4.41. The van der Waals surface area contributed by atoms with E-state index in [1.165, 1.54) is 41.3 Å². The van der Waals surface area contributed by atoms with Crippen molar-refractivity contribution in [2.75, 3.05) is 7.05 Å². The van der Waals surface area contributed by atoms with Gasteiger partial charge in [-0.05, 0) is 44.5 Å². The highest BCUT2D eigenvalue weighted by Gasteiger charge is 2.10. The van der Waals surface area contributed by atoms with Crippen molar-refractivity contribution in [1.29, 1.82) is 0 Å². The van der Waals surface area contributed by atoms with Crippen LogP contribution in [-0.4, -0.2) is 18.1 Å². The standard InChI is InChI=1S/C16H24N2/c1-4-5-6-14(17-3)10-13-11-18-16-8-7-12(2)9-15(13)16/h7-9,11,14,17-18H,4-6,10H2,1-3H3. The lowest BCUT2D eigenvalue weighted by molar-refractivity contribution is 0.499. The van der Waals surface area contributed by atoms with Crippen molar-refractivity contribution in [3.05, 3.63) is 35.5 Å². The van der Waals surface area contributed by atoms with Gasteiger partial charge in [0.15, 0.2) is 0 Å². The molecule has 1 aromatic carbocycles. The van der Waals surface area contributed by atoms with Gasteiger partial charge < -0.3 is 10.3 Å². The van der Waals surface area contributed by atoms with Crippen molar-refractivity contribution < 1.29 is 0 Å². The molecule has 2 rings (SSSR count). The second kappa shape index (κ2) is 6.05. The Balaban J connectivity index is 2.17. The summed E-state index contributed by atoms with van der Waals surface area (Å²) >= 11 is 0.